The third-order valence-corrected chi connectivity index (χ3v) is 5.67. The zero-order valence-electron chi connectivity index (χ0n) is 15.3. The average Bonchev–Trinajstić information content (AvgIpc) is 3.30. The Bertz CT molecular complexity index is 736. The van der Waals surface area contributed by atoms with Gasteiger partial charge in [0.2, 0.25) is 5.91 Å². The summed E-state index contributed by atoms with van der Waals surface area (Å²) in [6.07, 6.45) is 5.53. The average molecular weight is 350 g/mol. The van der Waals surface area contributed by atoms with Crippen LogP contribution >= 0.6 is 0 Å². The second-order valence-electron chi connectivity index (χ2n) is 7.56. The Morgan fingerprint density at radius 3 is 2.65 bits per heavy atom. The van der Waals surface area contributed by atoms with Crippen molar-refractivity contribution < 1.29 is 4.79 Å². The van der Waals surface area contributed by atoms with Crippen LogP contribution < -0.4 is 0 Å². The highest BCUT2D eigenvalue weighted by Gasteiger charge is 2.41. The van der Waals surface area contributed by atoms with Crippen molar-refractivity contribution in [1.82, 2.24) is 19.8 Å². The number of rotatable bonds is 4. The lowest BCUT2D eigenvalue weighted by Crippen LogP contribution is -2.39. The molecule has 2 saturated heterocycles. The molecule has 2 aliphatic rings. The van der Waals surface area contributed by atoms with Crippen molar-refractivity contribution in [2.75, 3.05) is 19.6 Å². The fourth-order valence-corrected chi connectivity index (χ4v) is 4.35. The fraction of sp³-hybridized carbons (Fsp3) is 0.476. The van der Waals surface area contributed by atoms with Crippen molar-refractivity contribution in [2.24, 2.45) is 11.8 Å². The van der Waals surface area contributed by atoms with E-state index in [1.807, 2.05) is 17.0 Å². The second kappa shape index (κ2) is 7.54. The lowest BCUT2D eigenvalue weighted by atomic mass is 9.96. The molecule has 3 atom stereocenters. The molecular formula is C21H26N4O. The Hall–Kier alpha value is -2.27. The minimum absolute atomic E-state index is 0.0408. The topological polar surface area (TPSA) is 49.3 Å². The molecule has 0 radical (unpaired) electrons. The van der Waals surface area contributed by atoms with Crippen LogP contribution in [-0.2, 0) is 11.3 Å². The smallest absolute Gasteiger partial charge is 0.227 e. The maximum absolute atomic E-state index is 13.3. The number of aromatic nitrogens is 2. The largest absolute Gasteiger partial charge is 0.332 e. The van der Waals surface area contributed by atoms with Gasteiger partial charge in [0.05, 0.1) is 12.0 Å². The van der Waals surface area contributed by atoms with Gasteiger partial charge in [0.15, 0.2) is 5.82 Å². The van der Waals surface area contributed by atoms with E-state index >= 15 is 0 Å². The first-order chi connectivity index (χ1) is 12.7. The molecule has 26 heavy (non-hydrogen) atoms. The van der Waals surface area contributed by atoms with Crippen LogP contribution in [0.4, 0.5) is 0 Å². The van der Waals surface area contributed by atoms with Crippen molar-refractivity contribution in [3.63, 3.8) is 0 Å². The van der Waals surface area contributed by atoms with Gasteiger partial charge < -0.3 is 4.90 Å². The van der Waals surface area contributed by atoms with Crippen LogP contribution in [0.25, 0.3) is 0 Å². The molecule has 2 aliphatic heterocycles. The van der Waals surface area contributed by atoms with Crippen molar-refractivity contribution in [3.8, 4) is 0 Å². The van der Waals surface area contributed by atoms with E-state index in [-0.39, 0.29) is 17.9 Å². The Kier molecular flexibility index (Phi) is 4.98. The molecule has 2 fully saturated rings. The number of amides is 1. The van der Waals surface area contributed by atoms with Crippen LogP contribution in [0.15, 0.2) is 48.8 Å². The van der Waals surface area contributed by atoms with Crippen LogP contribution in [0.1, 0.15) is 37.2 Å². The maximum Gasteiger partial charge on any atom is 0.227 e. The Morgan fingerprint density at radius 1 is 1.12 bits per heavy atom. The third-order valence-electron chi connectivity index (χ3n) is 5.67. The van der Waals surface area contributed by atoms with E-state index in [2.05, 4.69) is 46.1 Å². The van der Waals surface area contributed by atoms with Crippen LogP contribution in [0.3, 0.4) is 0 Å². The van der Waals surface area contributed by atoms with E-state index in [0.717, 1.165) is 44.8 Å². The standard InChI is InChI=1S/C21H26N4O/c1-16-13-24(14-17-7-3-2-4-8-17)15-18(16)21(26)25-12-5-9-19(25)20-22-10-6-11-23-20/h2-4,6-8,10-11,16,18-19H,5,9,12-15H2,1H3. The molecule has 1 aromatic heterocycles. The Balaban J connectivity index is 1.44. The summed E-state index contributed by atoms with van der Waals surface area (Å²) in [7, 11) is 0. The van der Waals surface area contributed by atoms with E-state index in [1.54, 1.807) is 12.4 Å². The number of benzene rings is 1. The summed E-state index contributed by atoms with van der Waals surface area (Å²) in [4.78, 5) is 26.5. The summed E-state index contributed by atoms with van der Waals surface area (Å²) in [6.45, 7) is 5.76. The molecule has 5 nitrogen and oxygen atoms in total. The van der Waals surface area contributed by atoms with Gasteiger partial charge >= 0.3 is 0 Å². The minimum atomic E-state index is 0.0408. The summed E-state index contributed by atoms with van der Waals surface area (Å²) in [6, 6.07) is 12.4. The number of likely N-dealkylation sites (tertiary alicyclic amines) is 2. The molecule has 5 heteroatoms. The number of carbonyl (C=O) groups excluding carboxylic acids is 1. The molecule has 136 valence electrons. The van der Waals surface area contributed by atoms with Crippen molar-refractivity contribution in [3.05, 3.63) is 60.2 Å². The van der Waals surface area contributed by atoms with Crippen LogP contribution in [0, 0.1) is 11.8 Å². The first-order valence-electron chi connectivity index (χ1n) is 9.56. The molecule has 1 aromatic carbocycles. The first kappa shape index (κ1) is 17.2. The normalized spacial score (nSPS) is 26.3. The molecule has 0 N–H and O–H groups in total. The monoisotopic (exact) mass is 350 g/mol. The number of carbonyl (C=O) groups is 1. The highest BCUT2D eigenvalue weighted by atomic mass is 16.2. The zero-order chi connectivity index (χ0) is 17.9. The fourth-order valence-electron chi connectivity index (χ4n) is 4.35. The van der Waals surface area contributed by atoms with Gasteiger partial charge in [0, 0.05) is 38.6 Å². The second-order valence-corrected chi connectivity index (χ2v) is 7.56. The van der Waals surface area contributed by atoms with Gasteiger partial charge in [0.1, 0.15) is 0 Å². The lowest BCUT2D eigenvalue weighted by Gasteiger charge is -2.27. The summed E-state index contributed by atoms with van der Waals surface area (Å²) >= 11 is 0. The van der Waals surface area contributed by atoms with E-state index in [4.69, 9.17) is 0 Å². The van der Waals surface area contributed by atoms with Gasteiger partial charge in [0.25, 0.3) is 0 Å². The summed E-state index contributed by atoms with van der Waals surface area (Å²) in [5, 5.41) is 0. The molecular weight excluding hydrogens is 324 g/mol. The summed E-state index contributed by atoms with van der Waals surface area (Å²) in [5.41, 5.74) is 1.31. The number of hydrogen-bond donors (Lipinski definition) is 0. The maximum atomic E-state index is 13.3. The van der Waals surface area contributed by atoms with Crippen molar-refractivity contribution >= 4 is 5.91 Å². The highest BCUT2D eigenvalue weighted by molar-refractivity contribution is 5.80. The first-order valence-corrected chi connectivity index (χ1v) is 9.56. The predicted molar refractivity (Wildman–Crippen MR) is 100 cm³/mol. The molecule has 0 spiro atoms. The minimum Gasteiger partial charge on any atom is -0.332 e. The van der Waals surface area contributed by atoms with Gasteiger partial charge in [-0.2, -0.15) is 0 Å². The van der Waals surface area contributed by atoms with Crippen LogP contribution in [-0.4, -0.2) is 45.3 Å². The van der Waals surface area contributed by atoms with E-state index in [0.29, 0.717) is 5.92 Å². The molecule has 0 saturated carbocycles. The molecule has 3 unspecified atom stereocenters. The Labute approximate surface area is 155 Å². The van der Waals surface area contributed by atoms with Gasteiger partial charge in [-0.3, -0.25) is 9.69 Å². The van der Waals surface area contributed by atoms with Crippen LogP contribution in [0.5, 0.6) is 0 Å². The predicted octanol–water partition coefficient (Wildman–Crippen LogP) is 2.91. The van der Waals surface area contributed by atoms with Crippen molar-refractivity contribution in [1.29, 1.82) is 0 Å². The molecule has 0 bridgehead atoms. The third kappa shape index (κ3) is 3.49. The highest BCUT2D eigenvalue weighted by Crippen LogP contribution is 2.34. The summed E-state index contributed by atoms with van der Waals surface area (Å²) in [5.74, 6) is 1.51. The molecule has 3 heterocycles. The molecule has 4 rings (SSSR count). The number of hydrogen-bond acceptors (Lipinski definition) is 4. The van der Waals surface area contributed by atoms with Crippen LogP contribution in [0.2, 0.25) is 0 Å². The zero-order valence-corrected chi connectivity index (χ0v) is 15.3. The van der Waals surface area contributed by atoms with Gasteiger partial charge in [-0.15, -0.1) is 0 Å². The molecule has 0 aliphatic carbocycles. The van der Waals surface area contributed by atoms with E-state index in [9.17, 15) is 4.79 Å². The Morgan fingerprint density at radius 2 is 1.88 bits per heavy atom. The van der Waals surface area contributed by atoms with Gasteiger partial charge in [-0.1, -0.05) is 37.3 Å². The lowest BCUT2D eigenvalue weighted by molar-refractivity contribution is -0.137. The van der Waals surface area contributed by atoms with E-state index in [1.165, 1.54) is 5.56 Å². The summed E-state index contributed by atoms with van der Waals surface area (Å²) < 4.78 is 0. The SMILES string of the molecule is CC1CN(Cc2ccccc2)CC1C(=O)N1CCCC1c1ncccn1. The number of nitrogens with zero attached hydrogens (tertiary/aromatic N) is 4. The molecule has 1 amide bonds. The molecule has 2 aromatic rings. The van der Waals surface area contributed by atoms with Gasteiger partial charge in [-0.25, -0.2) is 9.97 Å². The van der Waals surface area contributed by atoms with E-state index < -0.39 is 0 Å². The van der Waals surface area contributed by atoms with Gasteiger partial charge in [-0.05, 0) is 30.4 Å². The van der Waals surface area contributed by atoms with Crippen molar-refractivity contribution in [2.45, 2.75) is 32.4 Å². The quantitative estimate of drug-likeness (QED) is 0.851.